The van der Waals surface area contributed by atoms with Gasteiger partial charge in [0.25, 0.3) is 0 Å². The molecule has 0 amide bonds. The molecule has 0 N–H and O–H groups in total. The van der Waals surface area contributed by atoms with E-state index in [1.165, 1.54) is 0 Å². The molecule has 0 heterocycles. The highest BCUT2D eigenvalue weighted by atomic mass is 32.2. The fourth-order valence-corrected chi connectivity index (χ4v) is 0.868. The molecule has 0 fully saturated rings. The molecule has 0 radical (unpaired) electrons. The van der Waals surface area contributed by atoms with E-state index in [9.17, 15) is 16.8 Å². The van der Waals surface area contributed by atoms with Gasteiger partial charge in [0.1, 0.15) is 38.3 Å². The van der Waals surface area contributed by atoms with Gasteiger partial charge < -0.3 is 14.2 Å². The van der Waals surface area contributed by atoms with E-state index in [2.05, 4.69) is 9.47 Å². The summed E-state index contributed by atoms with van der Waals surface area (Å²) in [5.74, 6) is 0. The lowest BCUT2D eigenvalue weighted by Gasteiger charge is -1.93. The van der Waals surface area contributed by atoms with Gasteiger partial charge in [-0.05, 0) is 0 Å². The largest absolute Gasteiger partial charge is 0.493 e. The first-order valence-corrected chi connectivity index (χ1v) is 6.42. The second-order valence-electron chi connectivity index (χ2n) is 2.20. The summed E-state index contributed by atoms with van der Waals surface area (Å²) in [6.07, 6.45) is 4.59. The normalized spacial score (nSPS) is 10.1. The van der Waals surface area contributed by atoms with Crippen LogP contribution in [0.15, 0.2) is 25.0 Å². The van der Waals surface area contributed by atoms with Crippen LogP contribution in [0.5, 0.6) is 0 Å². The van der Waals surface area contributed by atoms with Crippen LogP contribution in [-0.2, 0) is 34.8 Å². The van der Waals surface area contributed by atoms with Crippen molar-refractivity contribution in [2.24, 2.45) is 0 Å². The maximum absolute atomic E-state index is 10.0. The van der Waals surface area contributed by atoms with E-state index < -0.39 is 20.6 Å². The predicted molar refractivity (Wildman–Crippen MR) is 61.2 cm³/mol. The van der Waals surface area contributed by atoms with E-state index in [4.69, 9.17) is 4.74 Å². The van der Waals surface area contributed by atoms with Gasteiger partial charge in [0.15, 0.2) is 0 Å². The van der Waals surface area contributed by atoms with Gasteiger partial charge in [-0.25, -0.2) is 0 Å². The molecule has 0 aliphatic heterocycles. The molecular weight excluding hydrogens is 272 g/mol. The second-order valence-corrected chi connectivity index (χ2v) is 3.91. The molecule has 0 rings (SSSR count). The summed E-state index contributed by atoms with van der Waals surface area (Å²) in [5, 5.41) is 1.87. The van der Waals surface area contributed by atoms with Crippen LogP contribution < -0.4 is 0 Å². The molecule has 7 nitrogen and oxygen atoms in total. The fraction of sp³-hybridized carbons (Fsp3) is 0.250. The Hall–Kier alpha value is -1.74. The molecule has 0 saturated carbocycles. The van der Waals surface area contributed by atoms with Crippen molar-refractivity contribution in [2.45, 2.75) is 0 Å². The van der Waals surface area contributed by atoms with Gasteiger partial charge in [0, 0.05) is 0 Å². The Bertz CT molecular complexity index is 446. The topological polar surface area (TPSA) is 96.0 Å². The Morgan fingerprint density at radius 2 is 1.12 bits per heavy atom. The molecular formula is C8H10O7S2. The van der Waals surface area contributed by atoms with Crippen molar-refractivity contribution in [1.82, 2.24) is 0 Å². The average Bonchev–Trinajstić information content (AvgIpc) is 2.25. The van der Waals surface area contributed by atoms with Crippen LogP contribution in [0.4, 0.5) is 0 Å². The highest BCUT2D eigenvalue weighted by molar-refractivity contribution is 7.71. The molecule has 0 unspecified atom stereocenters. The molecule has 17 heavy (non-hydrogen) atoms. The lowest BCUT2D eigenvalue weighted by Crippen LogP contribution is -1.89. The quantitative estimate of drug-likeness (QED) is 0.331. The SMILES string of the molecule is O=S(=O)=CCOC=COC=COCC=S(=O)=O. The van der Waals surface area contributed by atoms with E-state index in [0.29, 0.717) is 0 Å². The van der Waals surface area contributed by atoms with Crippen molar-refractivity contribution in [2.75, 3.05) is 13.2 Å². The summed E-state index contributed by atoms with van der Waals surface area (Å²) in [6.45, 7) is -0.166. The number of hydrogen-bond acceptors (Lipinski definition) is 7. The van der Waals surface area contributed by atoms with E-state index in [0.717, 1.165) is 35.8 Å². The molecule has 0 aromatic carbocycles. The lowest BCUT2D eigenvalue weighted by atomic mass is 10.8. The van der Waals surface area contributed by atoms with Crippen LogP contribution in [0.3, 0.4) is 0 Å². The van der Waals surface area contributed by atoms with Gasteiger partial charge in [-0.3, -0.25) is 0 Å². The van der Waals surface area contributed by atoms with Crippen molar-refractivity contribution in [3.63, 3.8) is 0 Å². The molecule has 96 valence electrons. The first-order valence-electron chi connectivity index (χ1n) is 4.14. The standard InChI is InChI=1S/C8H10O7S2/c9-16(10)7-5-14-3-1-13-2-4-15-6-8-17(11)12/h1-4,7-8H,5-6H2. The van der Waals surface area contributed by atoms with E-state index >= 15 is 0 Å². The monoisotopic (exact) mass is 282 g/mol. The van der Waals surface area contributed by atoms with Gasteiger partial charge in [-0.15, -0.1) is 0 Å². The molecule has 0 saturated heterocycles. The lowest BCUT2D eigenvalue weighted by molar-refractivity contribution is 0.265. The summed E-state index contributed by atoms with van der Waals surface area (Å²) in [7, 11) is -4.49. The summed E-state index contributed by atoms with van der Waals surface area (Å²) >= 11 is 0. The van der Waals surface area contributed by atoms with E-state index in [-0.39, 0.29) is 13.2 Å². The summed E-state index contributed by atoms with van der Waals surface area (Å²) < 4.78 is 54.1. The highest BCUT2D eigenvalue weighted by Crippen LogP contribution is 1.83. The van der Waals surface area contributed by atoms with Crippen molar-refractivity contribution < 1.29 is 31.0 Å². The number of ether oxygens (including phenoxy) is 3. The molecule has 0 atom stereocenters. The third-order valence-electron chi connectivity index (χ3n) is 1.06. The minimum Gasteiger partial charge on any atom is -0.493 e. The van der Waals surface area contributed by atoms with Crippen molar-refractivity contribution in [3.8, 4) is 0 Å². The fourth-order valence-electron chi connectivity index (χ4n) is 0.489. The smallest absolute Gasteiger partial charge is 0.213 e. The van der Waals surface area contributed by atoms with Crippen LogP contribution in [0.2, 0.25) is 0 Å². The Morgan fingerprint density at radius 3 is 1.47 bits per heavy atom. The first-order chi connectivity index (χ1) is 8.13. The van der Waals surface area contributed by atoms with Gasteiger partial charge in [-0.1, -0.05) is 0 Å². The minimum atomic E-state index is -2.24. The summed E-state index contributed by atoms with van der Waals surface area (Å²) in [5.41, 5.74) is 0. The Kier molecular flexibility index (Phi) is 9.67. The Balaban J connectivity index is 3.56. The van der Waals surface area contributed by atoms with Crippen LogP contribution in [0.25, 0.3) is 0 Å². The third kappa shape index (κ3) is 14.3. The first kappa shape index (κ1) is 15.3. The zero-order valence-corrected chi connectivity index (χ0v) is 10.2. The average molecular weight is 282 g/mol. The molecule has 0 aliphatic carbocycles. The molecule has 0 aromatic rings. The zero-order chi connectivity index (χ0) is 12.9. The van der Waals surface area contributed by atoms with E-state index in [1.54, 1.807) is 0 Å². The third-order valence-corrected chi connectivity index (χ3v) is 1.88. The van der Waals surface area contributed by atoms with Crippen molar-refractivity contribution in [3.05, 3.63) is 25.0 Å². The highest BCUT2D eigenvalue weighted by Gasteiger charge is 1.77. The number of hydrogen-bond donors (Lipinski definition) is 0. The van der Waals surface area contributed by atoms with E-state index in [1.807, 2.05) is 0 Å². The molecule has 0 aliphatic rings. The van der Waals surface area contributed by atoms with Crippen molar-refractivity contribution in [1.29, 1.82) is 0 Å². The predicted octanol–water partition coefficient (Wildman–Crippen LogP) is -0.659. The van der Waals surface area contributed by atoms with Crippen LogP contribution in [0.1, 0.15) is 0 Å². The minimum absolute atomic E-state index is 0.0829. The number of rotatable bonds is 8. The molecule has 0 bridgehead atoms. The maximum atomic E-state index is 10.0. The van der Waals surface area contributed by atoms with Crippen molar-refractivity contribution >= 4 is 31.3 Å². The molecule has 9 heteroatoms. The molecule has 0 spiro atoms. The molecule has 0 aromatic heterocycles. The van der Waals surface area contributed by atoms with Crippen LogP contribution in [-0.4, -0.2) is 40.8 Å². The van der Waals surface area contributed by atoms with Gasteiger partial charge in [0.2, 0.25) is 20.6 Å². The van der Waals surface area contributed by atoms with Gasteiger partial charge >= 0.3 is 0 Å². The Morgan fingerprint density at radius 1 is 0.706 bits per heavy atom. The summed E-state index contributed by atoms with van der Waals surface area (Å²) in [4.78, 5) is 0. The second kappa shape index (κ2) is 10.8. The van der Waals surface area contributed by atoms with Crippen LogP contribution in [0, 0.1) is 0 Å². The maximum Gasteiger partial charge on any atom is 0.213 e. The summed E-state index contributed by atoms with van der Waals surface area (Å²) in [6, 6.07) is 0. The van der Waals surface area contributed by atoms with Crippen LogP contribution >= 0.6 is 0 Å². The van der Waals surface area contributed by atoms with Gasteiger partial charge in [-0.2, -0.15) is 16.8 Å². The Labute approximate surface area is 101 Å². The van der Waals surface area contributed by atoms with Gasteiger partial charge in [0.05, 0.1) is 10.7 Å². The zero-order valence-electron chi connectivity index (χ0n) is 8.55.